The molecule has 0 bridgehead atoms. The molecule has 2 aromatic rings. The van der Waals surface area contributed by atoms with Crippen LogP contribution in [-0.4, -0.2) is 6.54 Å². The lowest BCUT2D eigenvalue weighted by molar-refractivity contribution is -0.137. The highest BCUT2D eigenvalue weighted by Crippen LogP contribution is 2.29. The average Bonchev–Trinajstić information content (AvgIpc) is 2.52. The number of hydrogen-bond donors (Lipinski definition) is 1. The fourth-order valence-corrected chi connectivity index (χ4v) is 2.50. The second-order valence-corrected chi connectivity index (χ2v) is 5.34. The van der Waals surface area contributed by atoms with Crippen LogP contribution in [0.25, 0.3) is 0 Å². The minimum absolute atomic E-state index is 0. The Balaban J connectivity index is 0.00000192. The van der Waals surface area contributed by atoms with Gasteiger partial charge in [0.05, 0.1) is 5.56 Å². The molecule has 1 N–H and O–H groups in total. The van der Waals surface area contributed by atoms with Crippen LogP contribution in [0.3, 0.4) is 0 Å². The van der Waals surface area contributed by atoms with Crippen molar-refractivity contribution in [3.05, 3.63) is 64.7 Å². The lowest BCUT2D eigenvalue weighted by Gasteiger charge is -2.18. The van der Waals surface area contributed by atoms with Crippen molar-refractivity contribution >= 4 is 12.4 Å². The quantitative estimate of drug-likeness (QED) is 0.894. The molecule has 0 amide bonds. The van der Waals surface area contributed by atoms with Gasteiger partial charge in [-0.3, -0.25) is 0 Å². The number of fused-ring (bicyclic) bond motifs is 1. The van der Waals surface area contributed by atoms with Crippen LogP contribution in [0, 0.1) is 0 Å². The molecular weight excluding hydrogens is 327 g/mol. The summed E-state index contributed by atoms with van der Waals surface area (Å²) in [6.07, 6.45) is -3.29. The van der Waals surface area contributed by atoms with E-state index in [1.165, 1.54) is 23.3 Å². The Kier molecular flexibility index (Phi) is 5.55. The maximum atomic E-state index is 12.5. The van der Waals surface area contributed by atoms with E-state index in [4.69, 9.17) is 4.74 Å². The van der Waals surface area contributed by atoms with Crippen molar-refractivity contribution < 1.29 is 17.9 Å². The Bertz CT molecular complexity index is 656. The van der Waals surface area contributed by atoms with Crippen molar-refractivity contribution in [3.8, 4) is 5.75 Å². The molecule has 6 heteroatoms. The van der Waals surface area contributed by atoms with Crippen molar-refractivity contribution in [2.75, 3.05) is 6.54 Å². The molecule has 0 fully saturated rings. The lowest BCUT2D eigenvalue weighted by Crippen LogP contribution is -2.23. The summed E-state index contributed by atoms with van der Waals surface area (Å²) in [5.41, 5.74) is 2.61. The topological polar surface area (TPSA) is 21.3 Å². The van der Waals surface area contributed by atoms with Crippen molar-refractivity contribution in [1.29, 1.82) is 0 Å². The Labute approximate surface area is 139 Å². The monoisotopic (exact) mass is 343 g/mol. The van der Waals surface area contributed by atoms with Crippen molar-refractivity contribution in [2.45, 2.75) is 25.7 Å². The molecule has 3 rings (SSSR count). The highest BCUT2D eigenvalue weighted by atomic mass is 35.5. The Hall–Kier alpha value is -1.72. The van der Waals surface area contributed by atoms with Gasteiger partial charge >= 0.3 is 6.18 Å². The third-order valence-corrected chi connectivity index (χ3v) is 3.75. The van der Waals surface area contributed by atoms with Gasteiger partial charge in [0.15, 0.2) is 0 Å². The number of hydrogen-bond acceptors (Lipinski definition) is 2. The van der Waals surface area contributed by atoms with E-state index >= 15 is 0 Å². The Morgan fingerprint density at radius 1 is 1.00 bits per heavy atom. The average molecular weight is 344 g/mol. The minimum atomic E-state index is -4.30. The zero-order valence-electron chi connectivity index (χ0n) is 12.3. The van der Waals surface area contributed by atoms with E-state index in [-0.39, 0.29) is 19.0 Å². The Morgan fingerprint density at radius 2 is 1.74 bits per heavy atom. The molecule has 0 aromatic heterocycles. The third-order valence-electron chi connectivity index (χ3n) is 3.75. The van der Waals surface area contributed by atoms with Crippen LogP contribution in [0.4, 0.5) is 13.2 Å². The van der Waals surface area contributed by atoms with Crippen LogP contribution in [0.5, 0.6) is 5.75 Å². The van der Waals surface area contributed by atoms with Crippen molar-refractivity contribution in [1.82, 2.24) is 5.32 Å². The standard InChI is InChI=1S/C17H16F3NO.ClH/c18-17(19,20)15-4-1-12(2-5-15)11-22-16-6-3-13-7-8-21-10-14(13)9-16;/h1-6,9,21H,7-8,10-11H2;1H. The number of halogens is 4. The highest BCUT2D eigenvalue weighted by molar-refractivity contribution is 5.85. The van der Waals surface area contributed by atoms with Gasteiger partial charge in [-0.05, 0) is 53.9 Å². The van der Waals surface area contributed by atoms with Gasteiger partial charge in [-0.25, -0.2) is 0 Å². The maximum absolute atomic E-state index is 12.5. The van der Waals surface area contributed by atoms with Gasteiger partial charge in [-0.1, -0.05) is 18.2 Å². The van der Waals surface area contributed by atoms with E-state index < -0.39 is 11.7 Å². The molecule has 1 aliphatic rings. The van der Waals surface area contributed by atoms with Gasteiger partial charge in [-0.2, -0.15) is 13.2 Å². The molecular formula is C17H17ClF3NO. The summed E-state index contributed by atoms with van der Waals surface area (Å²) in [7, 11) is 0. The molecule has 1 aliphatic heterocycles. The second kappa shape index (κ2) is 7.23. The molecule has 23 heavy (non-hydrogen) atoms. The van der Waals surface area contributed by atoms with Gasteiger partial charge in [0.2, 0.25) is 0 Å². The molecule has 0 atom stereocenters. The SMILES string of the molecule is Cl.FC(F)(F)c1ccc(COc2ccc3c(c2)CNCC3)cc1. The van der Waals surface area contributed by atoms with Crippen molar-refractivity contribution in [3.63, 3.8) is 0 Å². The van der Waals surface area contributed by atoms with E-state index in [0.29, 0.717) is 5.56 Å². The Morgan fingerprint density at radius 3 is 2.43 bits per heavy atom. The third kappa shape index (κ3) is 4.39. The van der Waals surface area contributed by atoms with E-state index in [1.54, 1.807) is 0 Å². The number of rotatable bonds is 3. The van der Waals surface area contributed by atoms with Crippen LogP contribution in [0.15, 0.2) is 42.5 Å². The van der Waals surface area contributed by atoms with E-state index in [1.807, 2.05) is 12.1 Å². The van der Waals surface area contributed by atoms with E-state index in [9.17, 15) is 13.2 Å². The normalized spacial score (nSPS) is 13.9. The molecule has 0 saturated carbocycles. The number of alkyl halides is 3. The van der Waals surface area contributed by atoms with Crippen LogP contribution in [0.1, 0.15) is 22.3 Å². The first-order valence-electron chi connectivity index (χ1n) is 7.14. The molecule has 0 saturated heterocycles. The van der Waals surface area contributed by atoms with Crippen LogP contribution >= 0.6 is 12.4 Å². The van der Waals surface area contributed by atoms with Gasteiger partial charge in [0, 0.05) is 6.54 Å². The lowest BCUT2D eigenvalue weighted by atomic mass is 10.0. The first kappa shape index (κ1) is 17.6. The molecule has 2 aromatic carbocycles. The maximum Gasteiger partial charge on any atom is 0.416 e. The first-order chi connectivity index (χ1) is 10.5. The summed E-state index contributed by atoms with van der Waals surface area (Å²) in [6.45, 7) is 2.07. The minimum Gasteiger partial charge on any atom is -0.489 e. The van der Waals surface area contributed by atoms with Gasteiger partial charge in [-0.15, -0.1) is 12.4 Å². The smallest absolute Gasteiger partial charge is 0.416 e. The fraction of sp³-hybridized carbons (Fsp3) is 0.294. The predicted molar refractivity (Wildman–Crippen MR) is 84.9 cm³/mol. The summed E-state index contributed by atoms with van der Waals surface area (Å²) in [6, 6.07) is 11.0. The fourth-order valence-electron chi connectivity index (χ4n) is 2.50. The molecule has 124 valence electrons. The molecule has 1 heterocycles. The zero-order valence-corrected chi connectivity index (χ0v) is 13.1. The predicted octanol–water partition coefficient (Wildman–Crippen LogP) is 4.35. The summed E-state index contributed by atoms with van der Waals surface area (Å²) < 4.78 is 43.2. The molecule has 0 unspecified atom stereocenters. The summed E-state index contributed by atoms with van der Waals surface area (Å²) in [4.78, 5) is 0. The zero-order chi connectivity index (χ0) is 15.6. The number of nitrogens with one attached hydrogen (secondary N) is 1. The first-order valence-corrected chi connectivity index (χ1v) is 7.14. The number of ether oxygens (including phenoxy) is 1. The largest absolute Gasteiger partial charge is 0.489 e. The van der Waals surface area contributed by atoms with Crippen LogP contribution in [-0.2, 0) is 25.7 Å². The van der Waals surface area contributed by atoms with Crippen LogP contribution < -0.4 is 10.1 Å². The van der Waals surface area contributed by atoms with Crippen molar-refractivity contribution in [2.24, 2.45) is 0 Å². The van der Waals surface area contributed by atoms with Gasteiger partial charge < -0.3 is 10.1 Å². The summed E-state index contributed by atoms with van der Waals surface area (Å²) in [5, 5.41) is 3.30. The summed E-state index contributed by atoms with van der Waals surface area (Å²) >= 11 is 0. The molecule has 0 spiro atoms. The highest BCUT2D eigenvalue weighted by Gasteiger charge is 2.29. The summed E-state index contributed by atoms with van der Waals surface area (Å²) in [5.74, 6) is 0.738. The van der Waals surface area contributed by atoms with Crippen LogP contribution in [0.2, 0.25) is 0 Å². The molecule has 0 radical (unpaired) electrons. The molecule has 2 nitrogen and oxygen atoms in total. The second-order valence-electron chi connectivity index (χ2n) is 5.34. The van der Waals surface area contributed by atoms with Gasteiger partial charge in [0.25, 0.3) is 0 Å². The number of benzene rings is 2. The molecule has 0 aliphatic carbocycles. The van der Waals surface area contributed by atoms with Gasteiger partial charge in [0.1, 0.15) is 12.4 Å². The van der Waals surface area contributed by atoms with E-state index in [0.717, 1.165) is 37.4 Å². The van der Waals surface area contributed by atoms with E-state index in [2.05, 4.69) is 11.4 Å².